The van der Waals surface area contributed by atoms with Crippen LogP contribution in [0.15, 0.2) is 42.6 Å². The number of imidazole rings is 1. The summed E-state index contributed by atoms with van der Waals surface area (Å²) in [6.07, 6.45) is 1.83. The van der Waals surface area contributed by atoms with Gasteiger partial charge in [-0.3, -0.25) is 14.9 Å². The van der Waals surface area contributed by atoms with Gasteiger partial charge in [-0.15, -0.1) is 0 Å². The number of hydrogen-bond donors (Lipinski definition) is 0. The Morgan fingerprint density at radius 1 is 1.33 bits per heavy atom. The van der Waals surface area contributed by atoms with Crippen molar-refractivity contribution in [3.63, 3.8) is 0 Å². The summed E-state index contributed by atoms with van der Waals surface area (Å²) in [5.74, 6) is -0.126. The molecule has 0 atom stereocenters. The van der Waals surface area contributed by atoms with E-state index in [1.165, 1.54) is 25.1 Å². The van der Waals surface area contributed by atoms with Gasteiger partial charge in [-0.1, -0.05) is 6.07 Å². The van der Waals surface area contributed by atoms with Gasteiger partial charge in [-0.05, 0) is 38.1 Å². The molecule has 0 fully saturated rings. The van der Waals surface area contributed by atoms with Crippen molar-refractivity contribution >= 4 is 17.1 Å². The lowest BCUT2D eigenvalue weighted by Gasteiger charge is -2.06. The molecule has 2 aromatic heterocycles. The lowest BCUT2D eigenvalue weighted by atomic mass is 10.1. The Morgan fingerprint density at radius 2 is 2.12 bits per heavy atom. The number of ether oxygens (including phenoxy) is 1. The number of pyridine rings is 1. The average Bonchev–Trinajstić information content (AvgIpc) is 2.97. The van der Waals surface area contributed by atoms with Crippen LogP contribution in [0.1, 0.15) is 28.7 Å². The highest BCUT2D eigenvalue weighted by molar-refractivity contribution is 5.95. The maximum absolute atomic E-state index is 11.4. The Bertz CT molecular complexity index is 946. The third kappa shape index (κ3) is 2.96. The zero-order valence-corrected chi connectivity index (χ0v) is 13.2. The molecule has 0 aliphatic rings. The first-order valence-electron chi connectivity index (χ1n) is 7.31. The molecular formula is C17H15N3O4. The molecule has 0 unspecified atom stereocenters. The van der Waals surface area contributed by atoms with Crippen molar-refractivity contribution in [3.05, 3.63) is 69.7 Å². The summed E-state index contributed by atoms with van der Waals surface area (Å²) < 4.78 is 7.48. The Hall–Kier alpha value is -3.22. The summed E-state index contributed by atoms with van der Waals surface area (Å²) in [7, 11) is 0. The number of nitrogens with zero attached hydrogens (tertiary/aromatic N) is 3. The van der Waals surface area contributed by atoms with Crippen molar-refractivity contribution in [2.45, 2.75) is 20.5 Å². The quantitative estimate of drug-likeness (QED) is 0.408. The lowest BCUT2D eigenvalue weighted by molar-refractivity contribution is -0.386. The van der Waals surface area contributed by atoms with Gasteiger partial charge >= 0.3 is 5.69 Å². The topological polar surface area (TPSA) is 86.7 Å². The molecule has 0 amide bonds. The minimum absolute atomic E-state index is 0.0986. The standard InChI is InChI=1S/C17H15N3O4/c1-11-4-3-5-17-18-14(9-19(11)17)10-24-16-7-6-13(12(2)21)8-15(16)20(22)23/h3-9H,10H2,1-2H3. The number of ketones is 1. The van der Waals surface area contributed by atoms with Crippen molar-refractivity contribution < 1.29 is 14.5 Å². The molecule has 0 spiro atoms. The molecule has 0 aliphatic carbocycles. The zero-order chi connectivity index (χ0) is 17.3. The second-order valence-electron chi connectivity index (χ2n) is 5.41. The Kier molecular flexibility index (Phi) is 3.99. The molecule has 2 heterocycles. The number of aromatic nitrogens is 2. The van der Waals surface area contributed by atoms with E-state index in [0.29, 0.717) is 5.69 Å². The Balaban J connectivity index is 1.86. The van der Waals surface area contributed by atoms with Crippen LogP contribution in [0.4, 0.5) is 5.69 Å². The molecule has 7 nitrogen and oxygen atoms in total. The van der Waals surface area contributed by atoms with Crippen LogP contribution in [0, 0.1) is 17.0 Å². The third-order valence-corrected chi connectivity index (χ3v) is 3.68. The van der Waals surface area contributed by atoms with Crippen molar-refractivity contribution in [2.24, 2.45) is 0 Å². The van der Waals surface area contributed by atoms with E-state index < -0.39 is 4.92 Å². The van der Waals surface area contributed by atoms with E-state index in [2.05, 4.69) is 4.98 Å². The molecule has 0 bridgehead atoms. The van der Waals surface area contributed by atoms with E-state index in [4.69, 9.17) is 4.74 Å². The Labute approximate surface area is 137 Å². The number of aryl methyl sites for hydroxylation is 1. The number of Topliss-reactive ketones (excluding diaryl/α,β-unsaturated/α-hetero) is 1. The highest BCUT2D eigenvalue weighted by atomic mass is 16.6. The van der Waals surface area contributed by atoms with Gasteiger partial charge in [0.1, 0.15) is 12.3 Å². The Morgan fingerprint density at radius 3 is 2.79 bits per heavy atom. The van der Waals surface area contributed by atoms with E-state index >= 15 is 0 Å². The summed E-state index contributed by atoms with van der Waals surface area (Å²) in [4.78, 5) is 26.4. The van der Waals surface area contributed by atoms with Crippen LogP contribution in [0.2, 0.25) is 0 Å². The van der Waals surface area contributed by atoms with Crippen LogP contribution in [0.25, 0.3) is 5.65 Å². The number of fused-ring (bicyclic) bond motifs is 1. The predicted molar refractivity (Wildman–Crippen MR) is 87.4 cm³/mol. The maximum atomic E-state index is 11.4. The largest absolute Gasteiger partial charge is 0.480 e. The second kappa shape index (κ2) is 6.11. The molecule has 3 rings (SSSR count). The van der Waals surface area contributed by atoms with Crippen molar-refractivity contribution in [2.75, 3.05) is 0 Å². The van der Waals surface area contributed by atoms with Crippen molar-refractivity contribution in [1.82, 2.24) is 9.38 Å². The van der Waals surface area contributed by atoms with Gasteiger partial charge in [0.15, 0.2) is 11.5 Å². The van der Waals surface area contributed by atoms with Crippen LogP contribution in [-0.2, 0) is 6.61 Å². The van der Waals surface area contributed by atoms with E-state index in [1.54, 1.807) is 0 Å². The van der Waals surface area contributed by atoms with Gasteiger partial charge in [0.2, 0.25) is 0 Å². The van der Waals surface area contributed by atoms with Gasteiger partial charge < -0.3 is 9.14 Å². The van der Waals surface area contributed by atoms with Crippen LogP contribution in [0.3, 0.4) is 0 Å². The molecule has 0 radical (unpaired) electrons. The number of benzene rings is 1. The monoisotopic (exact) mass is 325 g/mol. The third-order valence-electron chi connectivity index (χ3n) is 3.68. The highest BCUT2D eigenvalue weighted by Gasteiger charge is 2.18. The molecule has 1 aromatic carbocycles. The van der Waals surface area contributed by atoms with Crippen LogP contribution >= 0.6 is 0 Å². The fraction of sp³-hybridized carbons (Fsp3) is 0.176. The molecule has 122 valence electrons. The summed E-state index contributed by atoms with van der Waals surface area (Å²) in [6.45, 7) is 3.42. The smallest absolute Gasteiger partial charge is 0.311 e. The van der Waals surface area contributed by atoms with Crippen LogP contribution < -0.4 is 4.74 Å². The number of rotatable bonds is 5. The summed E-state index contributed by atoms with van der Waals surface area (Å²) in [6, 6.07) is 9.93. The summed E-state index contributed by atoms with van der Waals surface area (Å²) in [5.41, 5.74) is 2.52. The van der Waals surface area contributed by atoms with Gasteiger partial charge in [0.05, 0.1) is 10.6 Å². The van der Waals surface area contributed by atoms with Crippen LogP contribution in [-0.4, -0.2) is 20.1 Å². The second-order valence-corrected chi connectivity index (χ2v) is 5.41. The van der Waals surface area contributed by atoms with Crippen molar-refractivity contribution in [3.8, 4) is 5.75 Å². The summed E-state index contributed by atoms with van der Waals surface area (Å²) >= 11 is 0. The molecule has 0 N–H and O–H groups in total. The minimum atomic E-state index is -0.560. The molecule has 24 heavy (non-hydrogen) atoms. The predicted octanol–water partition coefficient (Wildman–Crippen LogP) is 3.33. The highest BCUT2D eigenvalue weighted by Crippen LogP contribution is 2.29. The van der Waals surface area contributed by atoms with Gasteiger partial charge in [0, 0.05) is 23.5 Å². The molecule has 0 saturated heterocycles. The number of hydrogen-bond acceptors (Lipinski definition) is 5. The molecule has 7 heteroatoms. The van der Waals surface area contributed by atoms with E-state index in [9.17, 15) is 14.9 Å². The SMILES string of the molecule is CC(=O)c1ccc(OCc2cn3c(C)cccc3n2)c([N+](=O)[O-])c1. The van der Waals surface area contributed by atoms with Gasteiger partial charge in [0.25, 0.3) is 0 Å². The van der Waals surface area contributed by atoms with E-state index in [-0.39, 0.29) is 29.4 Å². The number of nitro benzene ring substituents is 1. The molecule has 0 saturated carbocycles. The maximum Gasteiger partial charge on any atom is 0.311 e. The van der Waals surface area contributed by atoms with Gasteiger partial charge in [-0.2, -0.15) is 0 Å². The molecular weight excluding hydrogens is 310 g/mol. The molecule has 0 aliphatic heterocycles. The van der Waals surface area contributed by atoms with Crippen molar-refractivity contribution in [1.29, 1.82) is 0 Å². The van der Waals surface area contributed by atoms with Gasteiger partial charge in [-0.25, -0.2) is 4.98 Å². The number of carbonyl (C=O) groups is 1. The zero-order valence-electron chi connectivity index (χ0n) is 13.2. The fourth-order valence-electron chi connectivity index (χ4n) is 2.42. The van der Waals surface area contributed by atoms with Crippen LogP contribution in [0.5, 0.6) is 5.75 Å². The fourth-order valence-corrected chi connectivity index (χ4v) is 2.42. The minimum Gasteiger partial charge on any atom is -0.480 e. The summed E-state index contributed by atoms with van der Waals surface area (Å²) in [5, 5.41) is 11.2. The molecule has 3 aromatic rings. The first-order valence-corrected chi connectivity index (χ1v) is 7.31. The first-order chi connectivity index (χ1) is 11.5. The number of carbonyl (C=O) groups excluding carboxylic acids is 1. The average molecular weight is 325 g/mol. The lowest BCUT2D eigenvalue weighted by Crippen LogP contribution is -2.01. The first kappa shape index (κ1) is 15.7. The number of nitro groups is 1. The normalized spacial score (nSPS) is 10.8. The van der Waals surface area contributed by atoms with E-state index in [1.807, 2.05) is 35.7 Å². The van der Waals surface area contributed by atoms with E-state index in [0.717, 1.165) is 11.3 Å².